The first-order chi connectivity index (χ1) is 10.1. The highest BCUT2D eigenvalue weighted by molar-refractivity contribution is 5.94. The van der Waals surface area contributed by atoms with Gasteiger partial charge < -0.3 is 19.5 Å². The maximum absolute atomic E-state index is 12.6. The predicted molar refractivity (Wildman–Crippen MR) is 79.5 cm³/mol. The molecule has 0 heterocycles. The molecule has 1 saturated carbocycles. The molecule has 21 heavy (non-hydrogen) atoms. The second-order valence-corrected chi connectivity index (χ2v) is 5.41. The van der Waals surface area contributed by atoms with E-state index < -0.39 is 6.10 Å². The zero-order valence-corrected chi connectivity index (χ0v) is 12.8. The van der Waals surface area contributed by atoms with Crippen molar-refractivity contribution in [3.05, 3.63) is 29.8 Å². The number of benzene rings is 1. The highest BCUT2D eigenvalue weighted by atomic mass is 16.5. The van der Waals surface area contributed by atoms with Gasteiger partial charge in [-0.15, -0.1) is 0 Å². The van der Waals surface area contributed by atoms with Crippen LogP contribution in [0.1, 0.15) is 29.6 Å². The minimum Gasteiger partial charge on any atom is -0.497 e. The molecule has 1 N–H and O–H groups in total. The van der Waals surface area contributed by atoms with Crippen LogP contribution in [-0.4, -0.2) is 55.4 Å². The highest BCUT2D eigenvalue weighted by Gasteiger charge is 2.36. The lowest BCUT2D eigenvalue weighted by molar-refractivity contribution is -0.0714. The Balaban J connectivity index is 2.14. The van der Waals surface area contributed by atoms with Crippen LogP contribution in [0, 0.1) is 0 Å². The third-order valence-electron chi connectivity index (χ3n) is 4.20. The van der Waals surface area contributed by atoms with Crippen molar-refractivity contribution in [3.8, 4) is 5.75 Å². The number of carbonyl (C=O) groups is 1. The van der Waals surface area contributed by atoms with E-state index in [4.69, 9.17) is 9.47 Å². The summed E-state index contributed by atoms with van der Waals surface area (Å²) in [5.74, 6) is 0.530. The van der Waals surface area contributed by atoms with Crippen LogP contribution in [0.3, 0.4) is 0 Å². The van der Waals surface area contributed by atoms with Gasteiger partial charge in [-0.05, 0) is 37.5 Å². The van der Waals surface area contributed by atoms with Gasteiger partial charge >= 0.3 is 0 Å². The third-order valence-corrected chi connectivity index (χ3v) is 4.20. The molecule has 0 aliphatic heterocycles. The lowest BCUT2D eigenvalue weighted by Crippen LogP contribution is -2.52. The van der Waals surface area contributed by atoms with Crippen LogP contribution in [0.4, 0.5) is 0 Å². The SMILES string of the molecule is COc1cccc(C(=O)N(C)[C@@H]2CCC[C@@H](OC)[C@@H]2O)c1. The molecule has 3 atom stereocenters. The normalized spacial score (nSPS) is 25.4. The van der Waals surface area contributed by atoms with E-state index >= 15 is 0 Å². The molecule has 1 fully saturated rings. The summed E-state index contributed by atoms with van der Waals surface area (Å²) in [6, 6.07) is 6.83. The summed E-state index contributed by atoms with van der Waals surface area (Å²) in [5, 5.41) is 10.4. The van der Waals surface area contributed by atoms with E-state index in [1.54, 1.807) is 50.4 Å². The molecule has 0 spiro atoms. The standard InChI is InChI=1S/C16H23NO4/c1-17(13-8-5-9-14(21-3)15(13)18)16(19)11-6-4-7-12(10-11)20-2/h4,6-7,10,13-15,18H,5,8-9H2,1-3H3/t13-,14-,15-/m1/s1. The summed E-state index contributed by atoms with van der Waals surface area (Å²) in [4.78, 5) is 14.2. The van der Waals surface area contributed by atoms with Crippen LogP contribution in [0.15, 0.2) is 24.3 Å². The van der Waals surface area contributed by atoms with Crippen molar-refractivity contribution in [2.75, 3.05) is 21.3 Å². The summed E-state index contributed by atoms with van der Waals surface area (Å²) >= 11 is 0. The average molecular weight is 293 g/mol. The first-order valence-electron chi connectivity index (χ1n) is 7.20. The monoisotopic (exact) mass is 293 g/mol. The minimum absolute atomic E-state index is 0.116. The number of aliphatic hydroxyl groups is 1. The van der Waals surface area contributed by atoms with E-state index in [1.165, 1.54) is 0 Å². The number of ether oxygens (including phenoxy) is 2. The summed E-state index contributed by atoms with van der Waals surface area (Å²) < 4.78 is 10.4. The molecule has 0 bridgehead atoms. The number of aliphatic hydroxyl groups excluding tert-OH is 1. The maximum atomic E-state index is 12.6. The highest BCUT2D eigenvalue weighted by Crippen LogP contribution is 2.26. The molecule has 1 amide bonds. The molecule has 1 aromatic rings. The van der Waals surface area contributed by atoms with Crippen LogP contribution in [-0.2, 0) is 4.74 Å². The first-order valence-corrected chi connectivity index (χ1v) is 7.20. The number of methoxy groups -OCH3 is 2. The summed E-state index contributed by atoms with van der Waals surface area (Å²) in [7, 11) is 4.90. The Morgan fingerprint density at radius 3 is 2.76 bits per heavy atom. The lowest BCUT2D eigenvalue weighted by Gasteiger charge is -2.39. The fourth-order valence-electron chi connectivity index (χ4n) is 2.91. The van der Waals surface area contributed by atoms with Gasteiger partial charge in [0, 0.05) is 19.7 Å². The zero-order chi connectivity index (χ0) is 15.4. The van der Waals surface area contributed by atoms with Crippen molar-refractivity contribution < 1.29 is 19.4 Å². The summed E-state index contributed by atoms with van der Waals surface area (Å²) in [5.41, 5.74) is 0.559. The molecule has 1 aliphatic carbocycles. The smallest absolute Gasteiger partial charge is 0.254 e. The number of nitrogens with zero attached hydrogens (tertiary/aromatic N) is 1. The number of amides is 1. The van der Waals surface area contributed by atoms with Gasteiger partial charge in [0.1, 0.15) is 11.9 Å². The molecule has 0 radical (unpaired) electrons. The molecular formula is C16H23NO4. The van der Waals surface area contributed by atoms with Gasteiger partial charge in [0.05, 0.1) is 19.3 Å². The molecule has 0 aromatic heterocycles. The fraction of sp³-hybridized carbons (Fsp3) is 0.562. The molecule has 5 nitrogen and oxygen atoms in total. The minimum atomic E-state index is -0.650. The Kier molecular flexibility index (Phi) is 5.20. The number of hydrogen-bond donors (Lipinski definition) is 1. The van der Waals surface area contributed by atoms with Crippen molar-refractivity contribution in [1.29, 1.82) is 0 Å². The Bertz CT molecular complexity index is 491. The predicted octanol–water partition coefficient (Wildman–Crippen LogP) is 1.70. The third kappa shape index (κ3) is 3.36. The zero-order valence-electron chi connectivity index (χ0n) is 12.8. The number of likely N-dealkylation sites (N-methyl/N-ethyl adjacent to an activating group) is 1. The van der Waals surface area contributed by atoms with Crippen LogP contribution in [0.5, 0.6) is 5.75 Å². The quantitative estimate of drug-likeness (QED) is 0.918. The van der Waals surface area contributed by atoms with Crippen molar-refractivity contribution in [3.63, 3.8) is 0 Å². The van der Waals surface area contributed by atoms with Gasteiger partial charge in [-0.25, -0.2) is 0 Å². The molecule has 0 saturated heterocycles. The molecule has 116 valence electrons. The first kappa shape index (κ1) is 15.8. The molecule has 1 aromatic carbocycles. The number of rotatable bonds is 4. The maximum Gasteiger partial charge on any atom is 0.254 e. The van der Waals surface area contributed by atoms with Gasteiger partial charge in [0.25, 0.3) is 5.91 Å². The van der Waals surface area contributed by atoms with Crippen molar-refractivity contribution in [1.82, 2.24) is 4.90 Å². The van der Waals surface area contributed by atoms with Crippen LogP contribution in [0.2, 0.25) is 0 Å². The Labute approximate surface area is 125 Å². The van der Waals surface area contributed by atoms with Gasteiger partial charge in [-0.2, -0.15) is 0 Å². The Morgan fingerprint density at radius 2 is 2.10 bits per heavy atom. The Hall–Kier alpha value is -1.59. The van der Waals surface area contributed by atoms with Crippen LogP contribution in [0.25, 0.3) is 0 Å². The van der Waals surface area contributed by atoms with Gasteiger partial charge in [-0.3, -0.25) is 4.79 Å². The summed E-state index contributed by atoms with van der Waals surface area (Å²) in [6.45, 7) is 0. The lowest BCUT2D eigenvalue weighted by atomic mass is 9.88. The van der Waals surface area contributed by atoms with Crippen molar-refractivity contribution >= 4 is 5.91 Å². The van der Waals surface area contributed by atoms with E-state index in [-0.39, 0.29) is 18.1 Å². The Morgan fingerprint density at radius 1 is 1.33 bits per heavy atom. The number of carbonyl (C=O) groups excluding carboxylic acids is 1. The number of hydrogen-bond acceptors (Lipinski definition) is 4. The van der Waals surface area contributed by atoms with E-state index in [1.807, 2.05) is 0 Å². The van der Waals surface area contributed by atoms with Crippen LogP contribution < -0.4 is 4.74 Å². The summed E-state index contributed by atoms with van der Waals surface area (Å²) in [6.07, 6.45) is 1.70. The van der Waals surface area contributed by atoms with E-state index in [9.17, 15) is 9.90 Å². The molecule has 0 unspecified atom stereocenters. The van der Waals surface area contributed by atoms with E-state index in [2.05, 4.69) is 0 Å². The van der Waals surface area contributed by atoms with Crippen molar-refractivity contribution in [2.45, 2.75) is 37.5 Å². The van der Waals surface area contributed by atoms with E-state index in [0.717, 1.165) is 19.3 Å². The topological polar surface area (TPSA) is 59.0 Å². The van der Waals surface area contributed by atoms with Crippen LogP contribution >= 0.6 is 0 Å². The molecule has 5 heteroatoms. The van der Waals surface area contributed by atoms with Gasteiger partial charge in [0.2, 0.25) is 0 Å². The average Bonchev–Trinajstić information content (AvgIpc) is 2.53. The van der Waals surface area contributed by atoms with E-state index in [0.29, 0.717) is 11.3 Å². The molecule has 1 aliphatic rings. The largest absolute Gasteiger partial charge is 0.497 e. The second kappa shape index (κ2) is 6.91. The molecular weight excluding hydrogens is 270 g/mol. The van der Waals surface area contributed by atoms with Gasteiger partial charge in [-0.1, -0.05) is 6.07 Å². The second-order valence-electron chi connectivity index (χ2n) is 5.41. The molecule has 2 rings (SSSR count). The van der Waals surface area contributed by atoms with Crippen molar-refractivity contribution in [2.24, 2.45) is 0 Å². The fourth-order valence-corrected chi connectivity index (χ4v) is 2.91. The van der Waals surface area contributed by atoms with Gasteiger partial charge in [0.15, 0.2) is 0 Å².